The van der Waals surface area contributed by atoms with Crippen molar-refractivity contribution in [3.05, 3.63) is 41.7 Å². The van der Waals surface area contributed by atoms with E-state index < -0.39 is 12.5 Å². The number of anilines is 3. The van der Waals surface area contributed by atoms with E-state index in [-0.39, 0.29) is 18.8 Å². The van der Waals surface area contributed by atoms with Crippen LogP contribution in [-0.2, 0) is 6.54 Å². The predicted octanol–water partition coefficient (Wildman–Crippen LogP) is 3.40. The van der Waals surface area contributed by atoms with Crippen LogP contribution in [0.15, 0.2) is 30.5 Å². The topological polar surface area (TPSA) is 93.6 Å². The Morgan fingerprint density at radius 2 is 2.03 bits per heavy atom. The number of likely N-dealkylation sites (N-methyl/N-ethyl adjacent to an activating group) is 1. The summed E-state index contributed by atoms with van der Waals surface area (Å²) in [6.07, 6.45) is 0.839. The summed E-state index contributed by atoms with van der Waals surface area (Å²) >= 11 is 0. The molecule has 3 heterocycles. The number of carbonyl (C=O) groups excluding carboxylic acids is 1. The molecule has 1 aliphatic rings. The number of rotatable bonds is 8. The first-order chi connectivity index (χ1) is 15.4. The fourth-order valence-corrected chi connectivity index (χ4v) is 3.55. The SMILES string of the molecule is CC1CCN(c2nc(C(F)F)ccc2CNC(=O)Nc2ccc(N(C)CCO)nc2)CC1. The van der Waals surface area contributed by atoms with Crippen molar-refractivity contribution < 1.29 is 18.7 Å². The zero-order chi connectivity index (χ0) is 23.1. The number of amides is 2. The number of hydrogen-bond acceptors (Lipinski definition) is 6. The van der Waals surface area contributed by atoms with Crippen molar-refractivity contribution in [3.63, 3.8) is 0 Å². The van der Waals surface area contributed by atoms with Gasteiger partial charge in [0.2, 0.25) is 0 Å². The lowest BCUT2D eigenvalue weighted by Crippen LogP contribution is -2.35. The number of aliphatic hydroxyl groups is 1. The highest BCUT2D eigenvalue weighted by Gasteiger charge is 2.22. The van der Waals surface area contributed by atoms with Crippen LogP contribution in [0.2, 0.25) is 0 Å². The van der Waals surface area contributed by atoms with E-state index in [2.05, 4.69) is 27.5 Å². The van der Waals surface area contributed by atoms with E-state index in [0.717, 1.165) is 25.9 Å². The van der Waals surface area contributed by atoms with Gasteiger partial charge in [-0.3, -0.25) is 0 Å². The first kappa shape index (κ1) is 23.6. The summed E-state index contributed by atoms with van der Waals surface area (Å²) < 4.78 is 26.4. The average molecular weight is 449 g/mol. The summed E-state index contributed by atoms with van der Waals surface area (Å²) in [6.45, 7) is 4.32. The molecule has 10 heteroatoms. The van der Waals surface area contributed by atoms with Gasteiger partial charge in [-0.2, -0.15) is 0 Å². The van der Waals surface area contributed by atoms with Crippen molar-refractivity contribution in [1.29, 1.82) is 0 Å². The highest BCUT2D eigenvalue weighted by Crippen LogP contribution is 2.27. The minimum absolute atomic E-state index is 0.0200. The summed E-state index contributed by atoms with van der Waals surface area (Å²) in [6, 6.07) is 5.94. The molecule has 0 saturated carbocycles. The first-order valence-corrected chi connectivity index (χ1v) is 10.7. The Kier molecular flexibility index (Phi) is 8.15. The number of aromatic nitrogens is 2. The number of piperidine rings is 1. The van der Waals surface area contributed by atoms with Crippen molar-refractivity contribution in [2.24, 2.45) is 5.92 Å². The van der Waals surface area contributed by atoms with E-state index in [4.69, 9.17) is 5.11 Å². The zero-order valence-electron chi connectivity index (χ0n) is 18.4. The molecule has 1 saturated heterocycles. The van der Waals surface area contributed by atoms with Crippen molar-refractivity contribution in [3.8, 4) is 0 Å². The van der Waals surface area contributed by atoms with Gasteiger partial charge in [0.05, 0.1) is 18.5 Å². The molecular weight excluding hydrogens is 418 g/mol. The Hall–Kier alpha value is -3.01. The van der Waals surface area contributed by atoms with Crippen molar-refractivity contribution >= 4 is 23.4 Å². The van der Waals surface area contributed by atoms with Crippen LogP contribution in [0, 0.1) is 5.92 Å². The second-order valence-electron chi connectivity index (χ2n) is 8.05. The molecule has 174 valence electrons. The Labute approximate surface area is 186 Å². The van der Waals surface area contributed by atoms with Crippen molar-refractivity contribution in [2.75, 3.05) is 48.4 Å². The number of halogens is 2. The van der Waals surface area contributed by atoms with Gasteiger partial charge in [0.1, 0.15) is 17.3 Å². The van der Waals surface area contributed by atoms with Crippen LogP contribution >= 0.6 is 0 Å². The number of alkyl halides is 2. The van der Waals surface area contributed by atoms with E-state index in [1.165, 1.54) is 12.3 Å². The molecule has 2 aromatic rings. The largest absolute Gasteiger partial charge is 0.395 e. The number of hydrogen-bond donors (Lipinski definition) is 3. The normalized spacial score (nSPS) is 14.5. The van der Waals surface area contributed by atoms with Gasteiger partial charge in [-0.15, -0.1) is 0 Å². The Morgan fingerprint density at radius 1 is 1.28 bits per heavy atom. The maximum Gasteiger partial charge on any atom is 0.319 e. The number of aliphatic hydroxyl groups excluding tert-OH is 1. The third-order valence-electron chi connectivity index (χ3n) is 5.56. The summed E-state index contributed by atoms with van der Waals surface area (Å²) in [4.78, 5) is 24.6. The van der Waals surface area contributed by atoms with E-state index >= 15 is 0 Å². The van der Waals surface area contributed by atoms with Gasteiger partial charge in [0, 0.05) is 38.8 Å². The summed E-state index contributed by atoms with van der Waals surface area (Å²) in [7, 11) is 1.81. The molecular formula is C22H30F2N6O2. The van der Waals surface area contributed by atoms with Crippen LogP contribution in [0.25, 0.3) is 0 Å². The minimum Gasteiger partial charge on any atom is -0.395 e. The van der Waals surface area contributed by atoms with E-state index in [9.17, 15) is 13.6 Å². The lowest BCUT2D eigenvalue weighted by molar-refractivity contribution is 0.146. The molecule has 8 nitrogen and oxygen atoms in total. The molecule has 3 rings (SSSR count). The fraction of sp³-hybridized carbons (Fsp3) is 0.500. The summed E-state index contributed by atoms with van der Waals surface area (Å²) in [5.74, 6) is 1.78. The van der Waals surface area contributed by atoms with Gasteiger partial charge in [-0.25, -0.2) is 23.5 Å². The van der Waals surface area contributed by atoms with Crippen molar-refractivity contribution in [2.45, 2.75) is 32.7 Å². The fourth-order valence-electron chi connectivity index (χ4n) is 3.55. The third kappa shape index (κ3) is 6.25. The van der Waals surface area contributed by atoms with Crippen LogP contribution in [0.4, 0.5) is 30.9 Å². The zero-order valence-corrected chi connectivity index (χ0v) is 18.4. The van der Waals surface area contributed by atoms with E-state index in [0.29, 0.717) is 35.3 Å². The monoisotopic (exact) mass is 448 g/mol. The number of nitrogens with zero attached hydrogens (tertiary/aromatic N) is 4. The van der Waals surface area contributed by atoms with Gasteiger partial charge >= 0.3 is 6.03 Å². The lowest BCUT2D eigenvalue weighted by atomic mass is 9.99. The molecule has 0 unspecified atom stereocenters. The number of nitrogens with one attached hydrogen (secondary N) is 2. The molecule has 1 fully saturated rings. The smallest absolute Gasteiger partial charge is 0.319 e. The molecule has 2 amide bonds. The molecule has 0 aliphatic carbocycles. The number of pyridine rings is 2. The molecule has 0 aromatic carbocycles. The maximum absolute atomic E-state index is 13.2. The van der Waals surface area contributed by atoms with E-state index in [1.54, 1.807) is 23.1 Å². The van der Waals surface area contributed by atoms with Crippen LogP contribution in [0.1, 0.15) is 37.4 Å². The molecule has 0 spiro atoms. The Balaban J connectivity index is 1.63. The number of carbonyl (C=O) groups is 1. The van der Waals surface area contributed by atoms with Gasteiger partial charge in [-0.1, -0.05) is 13.0 Å². The molecule has 0 bridgehead atoms. The predicted molar refractivity (Wildman–Crippen MR) is 120 cm³/mol. The molecule has 1 aliphatic heterocycles. The molecule has 32 heavy (non-hydrogen) atoms. The lowest BCUT2D eigenvalue weighted by Gasteiger charge is -2.32. The molecule has 0 atom stereocenters. The van der Waals surface area contributed by atoms with Gasteiger partial charge in [-0.05, 0) is 37.0 Å². The average Bonchev–Trinajstić information content (AvgIpc) is 2.78. The summed E-state index contributed by atoms with van der Waals surface area (Å²) in [5, 5.41) is 14.5. The highest BCUT2D eigenvalue weighted by atomic mass is 19.3. The van der Waals surface area contributed by atoms with Crippen molar-refractivity contribution in [1.82, 2.24) is 15.3 Å². The quantitative estimate of drug-likeness (QED) is 0.573. The highest BCUT2D eigenvalue weighted by molar-refractivity contribution is 5.89. The van der Waals surface area contributed by atoms with Crippen LogP contribution in [-0.4, -0.2) is 54.4 Å². The van der Waals surface area contributed by atoms with Crippen LogP contribution in [0.5, 0.6) is 0 Å². The van der Waals surface area contributed by atoms with Gasteiger partial charge < -0.3 is 25.5 Å². The number of urea groups is 1. The third-order valence-corrected chi connectivity index (χ3v) is 5.56. The second kappa shape index (κ2) is 11.0. The Morgan fingerprint density at radius 3 is 2.66 bits per heavy atom. The van der Waals surface area contributed by atoms with E-state index in [1.807, 2.05) is 11.9 Å². The van der Waals surface area contributed by atoms with Gasteiger partial charge in [0.15, 0.2) is 0 Å². The molecule has 3 N–H and O–H groups in total. The Bertz CT molecular complexity index is 888. The minimum atomic E-state index is -2.64. The molecule has 2 aromatic heterocycles. The first-order valence-electron chi connectivity index (χ1n) is 10.7. The maximum atomic E-state index is 13.2. The summed E-state index contributed by atoms with van der Waals surface area (Å²) in [5.41, 5.74) is 0.947. The standard InChI is InChI=1S/C22H30F2N6O2/c1-15-7-9-30(10-8-15)21-16(3-5-18(28-21)20(23)24)13-26-22(32)27-17-4-6-19(25-14-17)29(2)11-12-31/h3-6,14-15,20,31H,7-13H2,1-2H3,(H2,26,27,32). The van der Waals surface area contributed by atoms with Crippen LogP contribution in [0.3, 0.4) is 0 Å². The molecule has 0 radical (unpaired) electrons. The second-order valence-corrected chi connectivity index (χ2v) is 8.05. The van der Waals surface area contributed by atoms with Crippen LogP contribution < -0.4 is 20.4 Å². The van der Waals surface area contributed by atoms with Gasteiger partial charge in [0.25, 0.3) is 6.43 Å².